The number of nitrogens with one attached hydrogen (secondary N) is 1. The van der Waals surface area contributed by atoms with Crippen LogP contribution in [0.15, 0.2) is 23.1 Å². The number of nitrogens with zero attached hydrogens (tertiary/aromatic N) is 1. The van der Waals surface area contributed by atoms with Crippen LogP contribution in [0.2, 0.25) is 10.0 Å². The largest absolute Gasteiger partial charge is 0.317 e. The molecule has 0 bridgehead atoms. The number of hydrogen-bond acceptors (Lipinski definition) is 3. The van der Waals surface area contributed by atoms with E-state index in [1.807, 2.05) is 0 Å². The smallest absolute Gasteiger partial charge is 0.242 e. The summed E-state index contributed by atoms with van der Waals surface area (Å²) in [6.07, 6.45) is 1.99. The molecule has 0 amide bonds. The third kappa shape index (κ3) is 3.86. The van der Waals surface area contributed by atoms with Gasteiger partial charge in [-0.1, -0.05) is 23.2 Å². The summed E-state index contributed by atoms with van der Waals surface area (Å²) < 4.78 is 26.4. The maximum absolute atomic E-state index is 12.5. The van der Waals surface area contributed by atoms with Crippen molar-refractivity contribution in [3.05, 3.63) is 28.2 Å². The van der Waals surface area contributed by atoms with Gasteiger partial charge in [-0.3, -0.25) is 0 Å². The summed E-state index contributed by atoms with van der Waals surface area (Å²) in [4.78, 5) is 0.145. The Hall–Kier alpha value is -0.330. The topological polar surface area (TPSA) is 49.4 Å². The third-order valence-electron chi connectivity index (χ3n) is 3.52. The lowest BCUT2D eigenvalue weighted by Gasteiger charge is -2.27. The molecular weight excluding hydrogens is 319 g/mol. The second-order valence-electron chi connectivity index (χ2n) is 5.08. The fraction of sp³-hybridized carbons (Fsp3) is 0.538. The molecule has 0 spiro atoms. The molecule has 0 aliphatic carbocycles. The molecule has 0 atom stereocenters. The van der Waals surface area contributed by atoms with E-state index in [1.54, 1.807) is 7.05 Å². The maximum atomic E-state index is 12.5. The van der Waals surface area contributed by atoms with Crippen LogP contribution in [0.1, 0.15) is 12.8 Å². The first-order chi connectivity index (χ1) is 9.39. The van der Waals surface area contributed by atoms with Gasteiger partial charge in [0.05, 0.1) is 4.90 Å². The van der Waals surface area contributed by atoms with Crippen molar-refractivity contribution in [1.82, 2.24) is 9.62 Å². The van der Waals surface area contributed by atoms with Gasteiger partial charge < -0.3 is 5.32 Å². The van der Waals surface area contributed by atoms with Gasteiger partial charge in [0, 0.05) is 23.6 Å². The number of halogens is 2. The molecule has 1 heterocycles. The standard InChI is InChI=1S/C13H18Cl2N2O2S/c1-17(9-10-2-4-16-5-3-10)20(18,19)13-7-11(14)6-12(15)8-13/h6-8,10,16H,2-5,9H2,1H3. The van der Waals surface area contributed by atoms with Crippen molar-refractivity contribution in [3.63, 3.8) is 0 Å². The van der Waals surface area contributed by atoms with Crippen molar-refractivity contribution in [1.29, 1.82) is 0 Å². The summed E-state index contributed by atoms with van der Waals surface area (Å²) >= 11 is 11.8. The molecule has 1 aromatic rings. The fourth-order valence-corrected chi connectivity index (χ4v) is 4.36. The minimum atomic E-state index is -3.54. The number of hydrogen-bond donors (Lipinski definition) is 1. The van der Waals surface area contributed by atoms with E-state index in [2.05, 4.69) is 5.32 Å². The number of benzene rings is 1. The van der Waals surface area contributed by atoms with Crippen LogP contribution in [0.4, 0.5) is 0 Å². The average Bonchev–Trinajstić information content (AvgIpc) is 2.38. The summed E-state index contributed by atoms with van der Waals surface area (Å²) in [7, 11) is -1.94. The van der Waals surface area contributed by atoms with E-state index >= 15 is 0 Å². The lowest BCUT2D eigenvalue weighted by Crippen LogP contribution is -2.37. The lowest BCUT2D eigenvalue weighted by atomic mass is 9.98. The highest BCUT2D eigenvalue weighted by Gasteiger charge is 2.25. The van der Waals surface area contributed by atoms with Crippen molar-refractivity contribution in [3.8, 4) is 0 Å². The summed E-state index contributed by atoms with van der Waals surface area (Å²) in [6, 6.07) is 4.39. The van der Waals surface area contributed by atoms with Gasteiger partial charge in [0.15, 0.2) is 0 Å². The Labute approximate surface area is 130 Å². The first-order valence-corrected chi connectivity index (χ1v) is 8.72. The van der Waals surface area contributed by atoms with Crippen LogP contribution in [0.5, 0.6) is 0 Å². The molecule has 0 radical (unpaired) electrons. The minimum absolute atomic E-state index is 0.145. The molecule has 1 fully saturated rings. The van der Waals surface area contributed by atoms with Crippen LogP contribution >= 0.6 is 23.2 Å². The molecule has 112 valence electrons. The van der Waals surface area contributed by atoms with Crippen LogP contribution in [-0.4, -0.2) is 39.4 Å². The van der Waals surface area contributed by atoms with E-state index in [-0.39, 0.29) is 4.90 Å². The highest BCUT2D eigenvalue weighted by molar-refractivity contribution is 7.89. The lowest BCUT2D eigenvalue weighted by molar-refractivity contribution is 0.311. The number of sulfonamides is 1. The van der Waals surface area contributed by atoms with E-state index in [1.165, 1.54) is 22.5 Å². The van der Waals surface area contributed by atoms with Crippen molar-refractivity contribution in [2.75, 3.05) is 26.7 Å². The third-order valence-corrected chi connectivity index (χ3v) is 5.76. The molecule has 1 N–H and O–H groups in total. The Morgan fingerprint density at radius 1 is 1.20 bits per heavy atom. The van der Waals surface area contributed by atoms with E-state index in [9.17, 15) is 8.42 Å². The molecular formula is C13H18Cl2N2O2S. The molecule has 1 aliphatic rings. The van der Waals surface area contributed by atoms with Crippen molar-refractivity contribution in [2.45, 2.75) is 17.7 Å². The van der Waals surface area contributed by atoms with Crippen molar-refractivity contribution >= 4 is 33.2 Å². The Bertz CT molecular complexity index is 551. The van der Waals surface area contributed by atoms with Gasteiger partial charge in [-0.25, -0.2) is 12.7 Å². The predicted octanol–water partition coefficient (Wildman–Crippen LogP) is 2.61. The first kappa shape index (κ1) is 16.0. The molecule has 1 aliphatic heterocycles. The zero-order valence-corrected chi connectivity index (χ0v) is 13.6. The summed E-state index contributed by atoms with van der Waals surface area (Å²) in [6.45, 7) is 2.41. The molecule has 20 heavy (non-hydrogen) atoms. The monoisotopic (exact) mass is 336 g/mol. The predicted molar refractivity (Wildman–Crippen MR) is 81.9 cm³/mol. The SMILES string of the molecule is CN(CC1CCNCC1)S(=O)(=O)c1cc(Cl)cc(Cl)c1. The van der Waals surface area contributed by atoms with Gasteiger partial charge in [-0.05, 0) is 50.0 Å². The fourth-order valence-electron chi connectivity index (χ4n) is 2.38. The van der Waals surface area contributed by atoms with Crippen molar-refractivity contribution < 1.29 is 8.42 Å². The average molecular weight is 337 g/mol. The quantitative estimate of drug-likeness (QED) is 0.919. The van der Waals surface area contributed by atoms with E-state index in [0.717, 1.165) is 25.9 Å². The van der Waals surface area contributed by atoms with Crippen molar-refractivity contribution in [2.24, 2.45) is 5.92 Å². The molecule has 4 nitrogen and oxygen atoms in total. The summed E-state index contributed by atoms with van der Waals surface area (Å²) in [5, 5.41) is 3.92. The van der Waals surface area contributed by atoms with Crippen LogP contribution in [0, 0.1) is 5.92 Å². The normalized spacial score (nSPS) is 17.6. The zero-order chi connectivity index (χ0) is 14.8. The van der Waals surface area contributed by atoms with Crippen LogP contribution in [-0.2, 0) is 10.0 Å². The molecule has 1 saturated heterocycles. The summed E-state index contributed by atoms with van der Waals surface area (Å²) in [5.74, 6) is 0.394. The summed E-state index contributed by atoms with van der Waals surface area (Å²) in [5.41, 5.74) is 0. The Balaban J connectivity index is 2.15. The Kier molecular flexibility index (Phi) is 5.31. The highest BCUT2D eigenvalue weighted by atomic mass is 35.5. The van der Waals surface area contributed by atoms with Crippen LogP contribution in [0.25, 0.3) is 0 Å². The molecule has 7 heteroatoms. The highest BCUT2D eigenvalue weighted by Crippen LogP contribution is 2.25. The Morgan fingerprint density at radius 3 is 2.30 bits per heavy atom. The maximum Gasteiger partial charge on any atom is 0.242 e. The van der Waals surface area contributed by atoms with Gasteiger partial charge >= 0.3 is 0 Å². The molecule has 2 rings (SSSR count). The molecule has 0 aromatic heterocycles. The minimum Gasteiger partial charge on any atom is -0.317 e. The van der Waals surface area contributed by atoms with Crippen LogP contribution in [0.3, 0.4) is 0 Å². The van der Waals surface area contributed by atoms with Gasteiger partial charge in [0.2, 0.25) is 10.0 Å². The van der Waals surface area contributed by atoms with Crippen LogP contribution < -0.4 is 5.32 Å². The van der Waals surface area contributed by atoms with E-state index in [0.29, 0.717) is 22.5 Å². The number of piperidine rings is 1. The molecule has 0 unspecified atom stereocenters. The van der Waals surface area contributed by atoms with Gasteiger partial charge in [0.25, 0.3) is 0 Å². The molecule has 0 saturated carbocycles. The second-order valence-corrected chi connectivity index (χ2v) is 8.00. The van der Waals surface area contributed by atoms with Gasteiger partial charge in [0.1, 0.15) is 0 Å². The van der Waals surface area contributed by atoms with Gasteiger partial charge in [-0.15, -0.1) is 0 Å². The van der Waals surface area contributed by atoms with Gasteiger partial charge in [-0.2, -0.15) is 0 Å². The first-order valence-electron chi connectivity index (χ1n) is 6.53. The number of rotatable bonds is 4. The second kappa shape index (κ2) is 6.62. The Morgan fingerprint density at radius 2 is 1.75 bits per heavy atom. The molecule has 1 aromatic carbocycles. The van der Waals surface area contributed by atoms with E-state index in [4.69, 9.17) is 23.2 Å². The van der Waals surface area contributed by atoms with E-state index < -0.39 is 10.0 Å². The zero-order valence-electron chi connectivity index (χ0n) is 11.3.